The summed E-state index contributed by atoms with van der Waals surface area (Å²) in [5.74, 6) is 1.20. The Hall–Kier alpha value is -3.96. The highest BCUT2D eigenvalue weighted by atomic mass is 35.5. The fourth-order valence-corrected chi connectivity index (χ4v) is 5.69. The maximum absolute atomic E-state index is 13.9. The number of H-pyrrole nitrogens is 1. The molecule has 5 aromatic rings. The van der Waals surface area contributed by atoms with E-state index in [0.717, 1.165) is 50.1 Å². The minimum Gasteiger partial charge on any atom is -0.497 e. The Balaban J connectivity index is 1.50. The summed E-state index contributed by atoms with van der Waals surface area (Å²) in [6.45, 7) is 0.545. The second-order valence-electron chi connectivity index (χ2n) is 9.75. The molecule has 0 fully saturated rings. The Morgan fingerprint density at radius 2 is 1.78 bits per heavy atom. The predicted octanol–water partition coefficient (Wildman–Crippen LogP) is 7.05. The van der Waals surface area contributed by atoms with Crippen LogP contribution in [0.4, 0.5) is 11.4 Å². The van der Waals surface area contributed by atoms with Gasteiger partial charge in [0.2, 0.25) is 0 Å². The van der Waals surface area contributed by atoms with E-state index in [1.54, 1.807) is 7.11 Å². The third-order valence-electron chi connectivity index (χ3n) is 7.35. The van der Waals surface area contributed by atoms with E-state index < -0.39 is 0 Å². The third kappa shape index (κ3) is 3.91. The molecular formula is C31H28ClN3O2. The molecule has 0 saturated carbocycles. The summed E-state index contributed by atoms with van der Waals surface area (Å²) in [5.41, 5.74) is 6.89. The molecule has 2 heterocycles. The highest BCUT2D eigenvalue weighted by Gasteiger charge is 2.35. The van der Waals surface area contributed by atoms with Crippen LogP contribution >= 0.6 is 11.6 Å². The smallest absolute Gasteiger partial charge is 0.274 e. The summed E-state index contributed by atoms with van der Waals surface area (Å²) in [5, 5.41) is 3.26. The zero-order valence-electron chi connectivity index (χ0n) is 21.1. The van der Waals surface area contributed by atoms with Crippen LogP contribution in [0.1, 0.15) is 22.0 Å². The minimum atomic E-state index is -0.0618. The maximum Gasteiger partial charge on any atom is 0.274 e. The van der Waals surface area contributed by atoms with Gasteiger partial charge in [0.25, 0.3) is 5.91 Å². The van der Waals surface area contributed by atoms with E-state index in [2.05, 4.69) is 64.5 Å². The van der Waals surface area contributed by atoms with Crippen molar-refractivity contribution in [3.8, 4) is 16.9 Å². The van der Waals surface area contributed by atoms with E-state index in [4.69, 9.17) is 16.3 Å². The highest BCUT2D eigenvalue weighted by Crippen LogP contribution is 2.46. The maximum atomic E-state index is 13.9. The van der Waals surface area contributed by atoms with Gasteiger partial charge in [-0.15, -0.1) is 11.6 Å². The molecule has 0 saturated heterocycles. The average Bonchev–Trinajstić information content (AvgIpc) is 3.53. The first-order valence-electron chi connectivity index (χ1n) is 12.4. The van der Waals surface area contributed by atoms with Crippen molar-refractivity contribution in [2.75, 3.05) is 43.4 Å². The van der Waals surface area contributed by atoms with Crippen LogP contribution in [0, 0.1) is 0 Å². The van der Waals surface area contributed by atoms with Crippen LogP contribution < -0.4 is 14.5 Å². The minimum absolute atomic E-state index is 0.0557. The second-order valence-corrected chi connectivity index (χ2v) is 10.1. The molecular weight excluding hydrogens is 482 g/mol. The van der Waals surface area contributed by atoms with E-state index in [0.29, 0.717) is 18.1 Å². The molecule has 1 amide bonds. The van der Waals surface area contributed by atoms with Gasteiger partial charge in [0, 0.05) is 54.7 Å². The van der Waals surface area contributed by atoms with E-state index in [1.807, 2.05) is 43.3 Å². The van der Waals surface area contributed by atoms with Gasteiger partial charge in [0.1, 0.15) is 11.4 Å². The van der Waals surface area contributed by atoms with Crippen molar-refractivity contribution < 1.29 is 9.53 Å². The number of methoxy groups -OCH3 is 1. The van der Waals surface area contributed by atoms with Crippen molar-refractivity contribution in [3.05, 3.63) is 90.1 Å². The lowest BCUT2D eigenvalue weighted by molar-refractivity contribution is 0.0984. The van der Waals surface area contributed by atoms with Crippen LogP contribution in [-0.4, -0.2) is 44.5 Å². The summed E-state index contributed by atoms with van der Waals surface area (Å²) < 4.78 is 5.36. The van der Waals surface area contributed by atoms with E-state index in [1.165, 1.54) is 5.39 Å². The standard InChI is InChI=1S/C31H28ClN3O2/c1-34(2)22-10-8-19(9-11-22)26-16-29-30(25-7-5-4-6-24(25)26)21(17-32)18-35(29)31(36)28-15-20-14-23(37-3)12-13-27(20)33-28/h4-16,21,33H,17-18H2,1-3H3. The zero-order valence-corrected chi connectivity index (χ0v) is 21.8. The quantitative estimate of drug-likeness (QED) is 0.258. The van der Waals surface area contributed by atoms with Gasteiger partial charge in [-0.1, -0.05) is 36.4 Å². The number of benzene rings is 4. The van der Waals surface area contributed by atoms with Crippen LogP contribution in [0.25, 0.3) is 32.8 Å². The highest BCUT2D eigenvalue weighted by molar-refractivity contribution is 6.19. The molecule has 1 aliphatic heterocycles. The Labute approximate surface area is 221 Å². The van der Waals surface area contributed by atoms with Crippen LogP contribution in [0.2, 0.25) is 0 Å². The van der Waals surface area contributed by atoms with Crippen LogP contribution in [0.15, 0.2) is 78.9 Å². The molecule has 1 aromatic heterocycles. The lowest BCUT2D eigenvalue weighted by atomic mass is 9.90. The number of nitrogens with zero attached hydrogens (tertiary/aromatic N) is 2. The molecule has 1 atom stereocenters. The Morgan fingerprint density at radius 3 is 2.49 bits per heavy atom. The van der Waals surface area contributed by atoms with Crippen LogP contribution in [0.3, 0.4) is 0 Å². The number of carbonyl (C=O) groups excluding carboxylic acids is 1. The van der Waals surface area contributed by atoms with Gasteiger partial charge >= 0.3 is 0 Å². The van der Waals surface area contributed by atoms with E-state index in [9.17, 15) is 4.79 Å². The molecule has 6 heteroatoms. The number of aromatic amines is 1. The van der Waals surface area contributed by atoms with Gasteiger partial charge in [-0.2, -0.15) is 0 Å². The number of carbonyl (C=O) groups is 1. The average molecular weight is 510 g/mol. The number of amides is 1. The summed E-state index contributed by atoms with van der Waals surface area (Å²) in [7, 11) is 5.72. The van der Waals surface area contributed by atoms with Crippen LogP contribution in [-0.2, 0) is 0 Å². The number of ether oxygens (including phenoxy) is 1. The number of alkyl halides is 1. The molecule has 1 unspecified atom stereocenters. The number of hydrogen-bond acceptors (Lipinski definition) is 3. The van der Waals surface area contributed by atoms with Gasteiger partial charge in [0.15, 0.2) is 0 Å². The number of hydrogen-bond donors (Lipinski definition) is 1. The summed E-state index contributed by atoms with van der Waals surface area (Å²) in [6.07, 6.45) is 0. The van der Waals surface area contributed by atoms with Crippen molar-refractivity contribution in [2.45, 2.75) is 5.92 Å². The van der Waals surface area contributed by atoms with Gasteiger partial charge < -0.3 is 19.5 Å². The van der Waals surface area contributed by atoms with Gasteiger partial charge in [-0.25, -0.2) is 0 Å². The molecule has 37 heavy (non-hydrogen) atoms. The number of nitrogens with one attached hydrogen (secondary N) is 1. The van der Waals surface area contributed by atoms with Crippen LogP contribution in [0.5, 0.6) is 5.75 Å². The van der Waals surface area contributed by atoms with Gasteiger partial charge in [0.05, 0.1) is 7.11 Å². The van der Waals surface area contributed by atoms with Gasteiger partial charge in [-0.05, 0) is 69.9 Å². The summed E-state index contributed by atoms with van der Waals surface area (Å²) in [4.78, 5) is 21.2. The molecule has 6 rings (SSSR count). The normalized spacial score (nSPS) is 14.8. The third-order valence-corrected chi connectivity index (χ3v) is 7.72. The topological polar surface area (TPSA) is 48.6 Å². The SMILES string of the molecule is COc1ccc2[nH]c(C(=O)N3CC(CCl)c4c3cc(-c3ccc(N(C)C)cc3)c3ccccc43)cc2c1. The van der Waals surface area contributed by atoms with Crippen molar-refractivity contribution in [1.29, 1.82) is 0 Å². The molecule has 1 N–H and O–H groups in total. The summed E-state index contributed by atoms with van der Waals surface area (Å²) >= 11 is 6.49. The fourth-order valence-electron chi connectivity index (χ4n) is 5.44. The lowest BCUT2D eigenvalue weighted by Crippen LogP contribution is -2.30. The first-order valence-corrected chi connectivity index (χ1v) is 12.9. The fraction of sp³-hybridized carbons (Fsp3) is 0.194. The molecule has 4 aromatic carbocycles. The number of anilines is 2. The lowest BCUT2D eigenvalue weighted by Gasteiger charge is -2.19. The van der Waals surface area contributed by atoms with E-state index in [-0.39, 0.29) is 11.8 Å². The largest absolute Gasteiger partial charge is 0.497 e. The number of halogens is 1. The first kappa shape index (κ1) is 23.4. The van der Waals surface area contributed by atoms with Crippen molar-refractivity contribution in [2.24, 2.45) is 0 Å². The zero-order chi connectivity index (χ0) is 25.7. The molecule has 1 aliphatic rings. The predicted molar refractivity (Wildman–Crippen MR) is 154 cm³/mol. The van der Waals surface area contributed by atoms with Crippen molar-refractivity contribution >= 4 is 50.6 Å². The van der Waals surface area contributed by atoms with Gasteiger partial charge in [-0.3, -0.25) is 4.79 Å². The van der Waals surface area contributed by atoms with Crippen molar-refractivity contribution in [1.82, 2.24) is 4.98 Å². The molecule has 0 bridgehead atoms. The Bertz CT molecular complexity index is 1640. The summed E-state index contributed by atoms with van der Waals surface area (Å²) in [6, 6.07) is 26.8. The molecule has 186 valence electrons. The molecule has 5 nitrogen and oxygen atoms in total. The second kappa shape index (κ2) is 9.16. The van der Waals surface area contributed by atoms with E-state index >= 15 is 0 Å². The monoisotopic (exact) mass is 509 g/mol. The number of aromatic nitrogens is 1. The Kier molecular flexibility index (Phi) is 5.81. The molecule has 0 aliphatic carbocycles. The first-order chi connectivity index (χ1) is 18.0. The molecule has 0 radical (unpaired) electrons. The number of rotatable bonds is 5. The Morgan fingerprint density at radius 1 is 1.03 bits per heavy atom. The molecule has 0 spiro atoms. The van der Waals surface area contributed by atoms with Crippen molar-refractivity contribution in [3.63, 3.8) is 0 Å². The number of fused-ring (bicyclic) bond motifs is 4.